The van der Waals surface area contributed by atoms with E-state index in [1.807, 2.05) is 24.3 Å². The number of benzene rings is 1. The number of amides is 2. The Kier molecular flexibility index (Phi) is 5.20. The van der Waals surface area contributed by atoms with Gasteiger partial charge in [0, 0.05) is 19.6 Å². The summed E-state index contributed by atoms with van der Waals surface area (Å²) in [6.07, 6.45) is 0.938. The summed E-state index contributed by atoms with van der Waals surface area (Å²) >= 11 is 1.48. The number of carbonyl (C=O) groups excluding carboxylic acids is 1. The van der Waals surface area contributed by atoms with Crippen LogP contribution < -0.4 is 10.6 Å². The van der Waals surface area contributed by atoms with Gasteiger partial charge >= 0.3 is 6.03 Å². The van der Waals surface area contributed by atoms with E-state index in [0.29, 0.717) is 11.7 Å². The van der Waals surface area contributed by atoms with Crippen molar-refractivity contribution < 1.29 is 9.53 Å². The van der Waals surface area contributed by atoms with Gasteiger partial charge in [0.2, 0.25) is 0 Å². The van der Waals surface area contributed by atoms with Crippen LogP contribution in [0.25, 0.3) is 10.2 Å². The van der Waals surface area contributed by atoms with Gasteiger partial charge in [0.1, 0.15) is 0 Å². The Morgan fingerprint density at radius 1 is 1.32 bits per heavy atom. The van der Waals surface area contributed by atoms with Gasteiger partial charge in [-0.1, -0.05) is 23.5 Å². The third kappa shape index (κ3) is 4.16. The molecule has 0 spiro atoms. The Bertz CT molecular complexity index is 592. The molecule has 22 heavy (non-hydrogen) atoms. The lowest BCUT2D eigenvalue weighted by Gasteiger charge is -2.26. The van der Waals surface area contributed by atoms with Crippen LogP contribution in [0, 0.1) is 0 Å². The van der Waals surface area contributed by atoms with Crippen LogP contribution in [0.4, 0.5) is 9.93 Å². The number of hydrogen-bond donors (Lipinski definition) is 2. The van der Waals surface area contributed by atoms with E-state index < -0.39 is 0 Å². The molecule has 0 aliphatic carbocycles. The monoisotopic (exact) mass is 320 g/mol. The third-order valence-corrected chi connectivity index (χ3v) is 4.51. The number of nitrogens with zero attached hydrogens (tertiary/aromatic N) is 2. The van der Waals surface area contributed by atoms with Crippen LogP contribution in [0.1, 0.15) is 6.42 Å². The van der Waals surface area contributed by atoms with Crippen LogP contribution in [0.15, 0.2) is 24.3 Å². The van der Waals surface area contributed by atoms with Crippen LogP contribution >= 0.6 is 11.3 Å². The average Bonchev–Trinajstić information content (AvgIpc) is 2.94. The minimum Gasteiger partial charge on any atom is -0.379 e. The van der Waals surface area contributed by atoms with Crippen molar-refractivity contribution in [1.29, 1.82) is 0 Å². The van der Waals surface area contributed by atoms with Gasteiger partial charge in [0.25, 0.3) is 0 Å². The molecule has 0 unspecified atom stereocenters. The number of para-hydroxylation sites is 1. The maximum atomic E-state index is 11.9. The van der Waals surface area contributed by atoms with E-state index in [4.69, 9.17) is 4.74 Å². The first-order chi connectivity index (χ1) is 10.8. The molecule has 2 heterocycles. The number of fused-ring (bicyclic) bond motifs is 1. The molecule has 1 aliphatic rings. The number of aromatic nitrogens is 1. The number of carbonyl (C=O) groups is 1. The summed E-state index contributed by atoms with van der Waals surface area (Å²) < 4.78 is 6.38. The Hall–Kier alpha value is -1.70. The molecule has 0 radical (unpaired) electrons. The first kappa shape index (κ1) is 15.2. The summed E-state index contributed by atoms with van der Waals surface area (Å²) in [5.74, 6) is 0. The highest BCUT2D eigenvalue weighted by atomic mass is 32.1. The van der Waals surface area contributed by atoms with E-state index in [-0.39, 0.29) is 6.03 Å². The largest absolute Gasteiger partial charge is 0.379 e. The van der Waals surface area contributed by atoms with Crippen LogP contribution in [-0.2, 0) is 4.74 Å². The first-order valence-electron chi connectivity index (χ1n) is 7.52. The van der Waals surface area contributed by atoms with Gasteiger partial charge in [-0.15, -0.1) is 0 Å². The zero-order valence-corrected chi connectivity index (χ0v) is 13.2. The van der Waals surface area contributed by atoms with E-state index in [2.05, 4.69) is 20.5 Å². The number of rotatable bonds is 5. The molecule has 0 bridgehead atoms. The van der Waals surface area contributed by atoms with E-state index in [1.54, 1.807) is 0 Å². The second-order valence-corrected chi connectivity index (χ2v) is 6.21. The summed E-state index contributed by atoms with van der Waals surface area (Å²) in [7, 11) is 0. The number of morpholine rings is 1. The Morgan fingerprint density at radius 3 is 2.95 bits per heavy atom. The molecule has 2 aromatic rings. The van der Waals surface area contributed by atoms with Gasteiger partial charge in [-0.3, -0.25) is 10.2 Å². The van der Waals surface area contributed by atoms with Gasteiger partial charge in [0.15, 0.2) is 5.13 Å². The zero-order chi connectivity index (χ0) is 15.2. The quantitative estimate of drug-likeness (QED) is 0.828. The summed E-state index contributed by atoms with van der Waals surface area (Å²) in [6.45, 7) is 5.24. The molecule has 0 saturated carbocycles. The lowest BCUT2D eigenvalue weighted by molar-refractivity contribution is 0.0375. The van der Waals surface area contributed by atoms with Crippen molar-refractivity contribution in [2.45, 2.75) is 6.42 Å². The summed E-state index contributed by atoms with van der Waals surface area (Å²) in [4.78, 5) is 18.6. The molecule has 118 valence electrons. The fraction of sp³-hybridized carbons (Fsp3) is 0.467. The SMILES string of the molecule is O=C(NCCCN1CCOCC1)Nc1nc2ccccc2s1. The van der Waals surface area contributed by atoms with Crippen molar-refractivity contribution in [2.75, 3.05) is 44.7 Å². The number of ether oxygens (including phenoxy) is 1. The predicted octanol–water partition coefficient (Wildman–Crippen LogP) is 2.14. The number of thiazole rings is 1. The molecule has 1 fully saturated rings. The topological polar surface area (TPSA) is 66.5 Å². The summed E-state index contributed by atoms with van der Waals surface area (Å²) in [5.41, 5.74) is 0.912. The van der Waals surface area contributed by atoms with Gasteiger partial charge in [-0.25, -0.2) is 9.78 Å². The molecular formula is C15H20N4O2S. The molecule has 2 N–H and O–H groups in total. The highest BCUT2D eigenvalue weighted by Gasteiger charge is 2.10. The molecule has 7 heteroatoms. The zero-order valence-electron chi connectivity index (χ0n) is 12.4. The van der Waals surface area contributed by atoms with E-state index >= 15 is 0 Å². The minimum atomic E-state index is -0.193. The first-order valence-corrected chi connectivity index (χ1v) is 8.33. The van der Waals surface area contributed by atoms with E-state index in [1.165, 1.54) is 11.3 Å². The molecule has 1 aromatic carbocycles. The second kappa shape index (κ2) is 7.53. The van der Waals surface area contributed by atoms with Crippen molar-refractivity contribution in [2.24, 2.45) is 0 Å². The Balaban J connectivity index is 1.38. The van der Waals surface area contributed by atoms with Crippen LogP contribution in [0.5, 0.6) is 0 Å². The van der Waals surface area contributed by atoms with Crippen LogP contribution in [0.2, 0.25) is 0 Å². The normalized spacial score (nSPS) is 15.8. The van der Waals surface area contributed by atoms with Crippen LogP contribution in [-0.4, -0.2) is 55.3 Å². The minimum absolute atomic E-state index is 0.193. The molecule has 1 aliphatic heterocycles. The maximum Gasteiger partial charge on any atom is 0.321 e. The smallest absolute Gasteiger partial charge is 0.321 e. The van der Waals surface area contributed by atoms with Gasteiger partial charge in [-0.05, 0) is 25.1 Å². The average molecular weight is 320 g/mol. The molecule has 0 atom stereocenters. The van der Waals surface area contributed by atoms with Crippen LogP contribution in [0.3, 0.4) is 0 Å². The van der Waals surface area contributed by atoms with Crippen molar-refractivity contribution in [3.8, 4) is 0 Å². The maximum absolute atomic E-state index is 11.9. The number of anilines is 1. The molecular weight excluding hydrogens is 300 g/mol. The van der Waals surface area contributed by atoms with Crippen molar-refractivity contribution >= 4 is 32.7 Å². The lowest BCUT2D eigenvalue weighted by atomic mass is 10.3. The molecule has 2 amide bonds. The summed E-state index contributed by atoms with van der Waals surface area (Å²) in [5, 5.41) is 6.30. The Labute approximate surface area is 133 Å². The highest BCUT2D eigenvalue weighted by molar-refractivity contribution is 7.22. The standard InChI is InChI=1S/C15H20N4O2S/c20-14(16-6-3-7-19-8-10-21-11-9-19)18-15-17-12-4-1-2-5-13(12)22-15/h1-2,4-5H,3,6-11H2,(H2,16,17,18,20). The van der Waals surface area contributed by atoms with Gasteiger partial charge in [-0.2, -0.15) is 0 Å². The number of nitrogens with one attached hydrogen (secondary N) is 2. The van der Waals surface area contributed by atoms with Gasteiger partial charge < -0.3 is 10.1 Å². The van der Waals surface area contributed by atoms with Crippen molar-refractivity contribution in [3.05, 3.63) is 24.3 Å². The van der Waals surface area contributed by atoms with Crippen molar-refractivity contribution in [3.63, 3.8) is 0 Å². The third-order valence-electron chi connectivity index (χ3n) is 3.55. The highest BCUT2D eigenvalue weighted by Crippen LogP contribution is 2.25. The molecule has 1 aromatic heterocycles. The van der Waals surface area contributed by atoms with E-state index in [9.17, 15) is 4.79 Å². The summed E-state index contributed by atoms with van der Waals surface area (Å²) in [6, 6.07) is 7.66. The number of urea groups is 1. The fourth-order valence-corrected chi connectivity index (χ4v) is 3.26. The Morgan fingerprint density at radius 2 is 2.14 bits per heavy atom. The molecule has 6 nitrogen and oxygen atoms in total. The lowest BCUT2D eigenvalue weighted by Crippen LogP contribution is -2.38. The fourth-order valence-electron chi connectivity index (χ4n) is 2.40. The predicted molar refractivity (Wildman–Crippen MR) is 88.5 cm³/mol. The molecule has 1 saturated heterocycles. The molecule has 3 rings (SSSR count). The number of hydrogen-bond acceptors (Lipinski definition) is 5. The van der Waals surface area contributed by atoms with E-state index in [0.717, 1.165) is 49.5 Å². The van der Waals surface area contributed by atoms with Gasteiger partial charge in [0.05, 0.1) is 23.4 Å². The van der Waals surface area contributed by atoms with Crippen molar-refractivity contribution in [1.82, 2.24) is 15.2 Å². The second-order valence-electron chi connectivity index (χ2n) is 5.18.